The van der Waals surface area contributed by atoms with Gasteiger partial charge < -0.3 is 9.47 Å². The van der Waals surface area contributed by atoms with Crippen LogP contribution in [0.15, 0.2) is 98.9 Å². The number of ether oxygens (including phenoxy) is 2. The van der Waals surface area contributed by atoms with Crippen molar-refractivity contribution in [2.75, 3.05) is 7.11 Å². The highest BCUT2D eigenvalue weighted by Crippen LogP contribution is 2.37. The smallest absolute Gasteiger partial charge is 0.263 e. The van der Waals surface area contributed by atoms with Crippen LogP contribution < -0.4 is 20.5 Å². The van der Waals surface area contributed by atoms with Gasteiger partial charge in [-0.1, -0.05) is 60.7 Å². The first-order chi connectivity index (χ1) is 19.0. The van der Waals surface area contributed by atoms with Crippen molar-refractivity contribution in [3.05, 3.63) is 110 Å². The van der Waals surface area contributed by atoms with Crippen LogP contribution in [0.4, 0.5) is 0 Å². The molecule has 2 heterocycles. The molecule has 5 aromatic rings. The van der Waals surface area contributed by atoms with Gasteiger partial charge in [0.1, 0.15) is 18.0 Å². The standard InChI is InChI=1S/C29H23BrN4O4S/c1-37-24-13-20(12-23(30)27(24)38-16-19-8-4-2-5-9-19)14-32-33-25(35)15-34-18-31-28-26(29(34)36)22(17-39-28)21-10-6-3-7-11-21/h2-14,17-18H,15-16H2,1H3,(H,33,35)/b32-14+. The van der Waals surface area contributed by atoms with Crippen LogP contribution in [0.3, 0.4) is 0 Å². The quantitative estimate of drug-likeness (QED) is 0.174. The van der Waals surface area contributed by atoms with Gasteiger partial charge in [0.25, 0.3) is 11.5 Å². The molecule has 196 valence electrons. The number of methoxy groups -OCH3 is 1. The molecule has 39 heavy (non-hydrogen) atoms. The molecule has 0 aliphatic rings. The fourth-order valence-corrected chi connectivity index (χ4v) is 5.44. The van der Waals surface area contributed by atoms with Crippen LogP contribution in [0.25, 0.3) is 21.3 Å². The lowest BCUT2D eigenvalue weighted by molar-refractivity contribution is -0.121. The van der Waals surface area contributed by atoms with E-state index < -0.39 is 5.91 Å². The van der Waals surface area contributed by atoms with Crippen LogP contribution in [-0.2, 0) is 17.9 Å². The van der Waals surface area contributed by atoms with Crippen LogP contribution in [0.2, 0.25) is 0 Å². The Morgan fingerprint density at radius 2 is 1.87 bits per heavy atom. The minimum absolute atomic E-state index is 0.220. The van der Waals surface area contributed by atoms with E-state index in [0.717, 1.165) is 16.7 Å². The minimum atomic E-state index is -0.458. The average Bonchev–Trinajstić information content (AvgIpc) is 3.40. The van der Waals surface area contributed by atoms with E-state index in [-0.39, 0.29) is 12.1 Å². The van der Waals surface area contributed by atoms with Crippen molar-refractivity contribution in [1.29, 1.82) is 0 Å². The summed E-state index contributed by atoms with van der Waals surface area (Å²) in [5, 5.41) is 6.46. The Balaban J connectivity index is 1.27. The number of carbonyl (C=O) groups is 1. The molecule has 10 heteroatoms. The van der Waals surface area contributed by atoms with E-state index >= 15 is 0 Å². The molecule has 5 rings (SSSR count). The number of halogens is 1. The topological polar surface area (TPSA) is 94.8 Å². The Bertz CT molecular complexity index is 1700. The fraction of sp³-hybridized carbons (Fsp3) is 0.103. The molecule has 1 N–H and O–H groups in total. The van der Waals surface area contributed by atoms with Crippen molar-refractivity contribution >= 4 is 49.6 Å². The lowest BCUT2D eigenvalue weighted by Gasteiger charge is -2.13. The van der Waals surface area contributed by atoms with Crippen LogP contribution in [0.1, 0.15) is 11.1 Å². The Labute approximate surface area is 236 Å². The molecule has 0 saturated carbocycles. The Morgan fingerprint density at radius 1 is 1.13 bits per heavy atom. The number of carbonyl (C=O) groups excluding carboxylic acids is 1. The SMILES string of the molecule is COc1cc(/C=N/NC(=O)Cn2cnc3scc(-c4ccccc4)c3c2=O)cc(Br)c1OCc1ccccc1. The maximum absolute atomic E-state index is 13.2. The molecule has 0 aliphatic heterocycles. The number of nitrogens with zero attached hydrogens (tertiary/aromatic N) is 3. The summed E-state index contributed by atoms with van der Waals surface area (Å²) in [5.74, 6) is 0.622. The number of hydrogen-bond donors (Lipinski definition) is 1. The van der Waals surface area contributed by atoms with Crippen molar-refractivity contribution in [3.8, 4) is 22.6 Å². The normalized spacial score (nSPS) is 11.1. The van der Waals surface area contributed by atoms with Gasteiger partial charge in [0.05, 0.1) is 29.5 Å². The van der Waals surface area contributed by atoms with Gasteiger partial charge in [0, 0.05) is 10.9 Å². The van der Waals surface area contributed by atoms with Crippen molar-refractivity contribution in [3.63, 3.8) is 0 Å². The Morgan fingerprint density at radius 3 is 2.62 bits per heavy atom. The van der Waals surface area contributed by atoms with Gasteiger partial charge in [-0.25, -0.2) is 10.4 Å². The van der Waals surface area contributed by atoms with Crippen molar-refractivity contribution in [2.24, 2.45) is 5.10 Å². The molecule has 0 fully saturated rings. The number of hydrogen-bond acceptors (Lipinski definition) is 7. The summed E-state index contributed by atoms with van der Waals surface area (Å²) < 4.78 is 13.4. The number of nitrogens with one attached hydrogen (secondary N) is 1. The largest absolute Gasteiger partial charge is 0.493 e. The molecule has 3 aromatic carbocycles. The summed E-state index contributed by atoms with van der Waals surface area (Å²) in [7, 11) is 1.55. The van der Waals surface area contributed by atoms with Crippen molar-refractivity contribution in [2.45, 2.75) is 13.2 Å². The molecule has 0 bridgehead atoms. The van der Waals surface area contributed by atoms with Crippen LogP contribution in [0.5, 0.6) is 11.5 Å². The van der Waals surface area contributed by atoms with E-state index in [0.29, 0.717) is 38.4 Å². The van der Waals surface area contributed by atoms with Gasteiger partial charge >= 0.3 is 0 Å². The number of thiophene rings is 1. The van der Waals surface area contributed by atoms with Crippen molar-refractivity contribution in [1.82, 2.24) is 15.0 Å². The number of aromatic nitrogens is 2. The molecule has 0 radical (unpaired) electrons. The van der Waals surface area contributed by atoms with Gasteiger partial charge in [-0.3, -0.25) is 14.2 Å². The first-order valence-corrected chi connectivity index (χ1v) is 13.6. The predicted octanol–water partition coefficient (Wildman–Crippen LogP) is 5.63. The van der Waals surface area contributed by atoms with Gasteiger partial charge in [-0.2, -0.15) is 5.10 Å². The Kier molecular flexibility index (Phi) is 8.14. The minimum Gasteiger partial charge on any atom is -0.493 e. The number of hydrazone groups is 1. The highest BCUT2D eigenvalue weighted by atomic mass is 79.9. The van der Waals surface area contributed by atoms with E-state index in [1.165, 1.54) is 28.4 Å². The van der Waals surface area contributed by atoms with Gasteiger partial charge in [0.2, 0.25) is 0 Å². The molecule has 0 saturated heterocycles. The van der Waals surface area contributed by atoms with E-state index in [2.05, 4.69) is 31.4 Å². The summed E-state index contributed by atoms with van der Waals surface area (Å²) in [5.41, 5.74) is 5.63. The first kappa shape index (κ1) is 26.3. The number of rotatable bonds is 9. The zero-order valence-electron chi connectivity index (χ0n) is 20.8. The van der Waals surface area contributed by atoms with E-state index in [1.54, 1.807) is 13.2 Å². The molecular formula is C29H23BrN4O4S. The monoisotopic (exact) mass is 602 g/mol. The first-order valence-electron chi connectivity index (χ1n) is 11.9. The van der Waals surface area contributed by atoms with Crippen molar-refractivity contribution < 1.29 is 14.3 Å². The third kappa shape index (κ3) is 6.08. The molecule has 1 amide bonds. The van der Waals surface area contributed by atoms with E-state index in [9.17, 15) is 9.59 Å². The second-order valence-corrected chi connectivity index (χ2v) is 10.2. The number of amides is 1. The third-order valence-corrected chi connectivity index (χ3v) is 7.32. The van der Waals surface area contributed by atoms with Gasteiger partial charge in [0.15, 0.2) is 11.5 Å². The number of benzene rings is 3. The molecule has 0 aliphatic carbocycles. The molecule has 0 spiro atoms. The maximum atomic E-state index is 13.2. The predicted molar refractivity (Wildman–Crippen MR) is 157 cm³/mol. The summed E-state index contributed by atoms with van der Waals surface area (Å²) in [4.78, 5) is 30.8. The highest BCUT2D eigenvalue weighted by Gasteiger charge is 2.15. The second kappa shape index (κ2) is 12.1. The summed E-state index contributed by atoms with van der Waals surface area (Å²) in [6.45, 7) is 0.167. The lowest BCUT2D eigenvalue weighted by Crippen LogP contribution is -2.30. The van der Waals surface area contributed by atoms with Crippen LogP contribution >= 0.6 is 27.3 Å². The maximum Gasteiger partial charge on any atom is 0.263 e. The molecule has 2 aromatic heterocycles. The summed E-state index contributed by atoms with van der Waals surface area (Å²) in [6, 6.07) is 23.0. The zero-order valence-corrected chi connectivity index (χ0v) is 23.2. The van der Waals surface area contributed by atoms with Crippen LogP contribution in [0, 0.1) is 0 Å². The Hall–Kier alpha value is -4.28. The highest BCUT2D eigenvalue weighted by molar-refractivity contribution is 9.10. The lowest BCUT2D eigenvalue weighted by atomic mass is 10.1. The molecule has 0 atom stereocenters. The summed E-state index contributed by atoms with van der Waals surface area (Å²) in [6.07, 6.45) is 2.87. The fourth-order valence-electron chi connectivity index (χ4n) is 3.96. The molecular weight excluding hydrogens is 580 g/mol. The molecule has 0 unspecified atom stereocenters. The second-order valence-electron chi connectivity index (χ2n) is 8.47. The zero-order chi connectivity index (χ0) is 27.2. The van der Waals surface area contributed by atoms with Gasteiger partial charge in [-0.15, -0.1) is 11.3 Å². The van der Waals surface area contributed by atoms with Crippen LogP contribution in [-0.4, -0.2) is 28.8 Å². The summed E-state index contributed by atoms with van der Waals surface area (Å²) >= 11 is 4.92. The average molecular weight is 603 g/mol. The number of fused-ring (bicyclic) bond motifs is 1. The van der Waals surface area contributed by atoms with Gasteiger partial charge in [-0.05, 0) is 44.8 Å². The van der Waals surface area contributed by atoms with E-state index in [4.69, 9.17) is 9.47 Å². The van der Waals surface area contributed by atoms with E-state index in [1.807, 2.05) is 72.1 Å². The molecule has 8 nitrogen and oxygen atoms in total. The third-order valence-electron chi connectivity index (χ3n) is 5.84.